The molecule has 0 bridgehead atoms. The van der Waals surface area contributed by atoms with Gasteiger partial charge in [-0.1, -0.05) is 19.9 Å². The summed E-state index contributed by atoms with van der Waals surface area (Å²) >= 11 is 0. The second-order valence-electron chi connectivity index (χ2n) is 4.11. The van der Waals surface area contributed by atoms with Gasteiger partial charge in [-0.15, -0.1) is 0 Å². The third-order valence-electron chi connectivity index (χ3n) is 2.48. The zero-order valence-electron chi connectivity index (χ0n) is 10.6. The van der Waals surface area contributed by atoms with Gasteiger partial charge in [0.15, 0.2) is 0 Å². The molecule has 1 N–H and O–H groups in total. The van der Waals surface area contributed by atoms with Gasteiger partial charge in [-0.05, 0) is 32.4 Å². The summed E-state index contributed by atoms with van der Waals surface area (Å²) in [6.45, 7) is 8.64. The monoisotopic (exact) mass is 221 g/mol. The van der Waals surface area contributed by atoms with Gasteiger partial charge in [-0.3, -0.25) is 0 Å². The Morgan fingerprint density at radius 2 is 2.25 bits per heavy atom. The van der Waals surface area contributed by atoms with Crippen LogP contribution in [-0.4, -0.2) is 22.1 Å². The summed E-state index contributed by atoms with van der Waals surface area (Å²) < 4.78 is 2.18. The van der Waals surface area contributed by atoms with E-state index in [0.717, 1.165) is 19.5 Å². The minimum atomic E-state index is 0.421. The van der Waals surface area contributed by atoms with E-state index in [9.17, 15) is 0 Å². The quantitative estimate of drug-likeness (QED) is 0.767. The highest BCUT2D eigenvalue weighted by Crippen LogP contribution is 2.04. The van der Waals surface area contributed by atoms with Gasteiger partial charge < -0.3 is 9.88 Å². The largest absolute Gasteiger partial charge is 0.331 e. The Balaban J connectivity index is 2.50. The highest BCUT2D eigenvalue weighted by Gasteiger charge is 1.98. The van der Waals surface area contributed by atoms with Crippen molar-refractivity contribution in [1.29, 1.82) is 0 Å². The van der Waals surface area contributed by atoms with Crippen molar-refractivity contribution in [3.63, 3.8) is 0 Å². The van der Waals surface area contributed by atoms with Gasteiger partial charge in [0.1, 0.15) is 0 Å². The normalized spacial score (nSPS) is 13.4. The van der Waals surface area contributed by atoms with Gasteiger partial charge in [-0.2, -0.15) is 0 Å². The number of nitrogens with zero attached hydrogens (tertiary/aromatic N) is 2. The third-order valence-corrected chi connectivity index (χ3v) is 2.48. The van der Waals surface area contributed by atoms with Crippen LogP contribution in [-0.2, 0) is 6.54 Å². The van der Waals surface area contributed by atoms with Crippen molar-refractivity contribution in [2.75, 3.05) is 6.54 Å². The van der Waals surface area contributed by atoms with Crippen molar-refractivity contribution >= 4 is 6.08 Å². The first-order valence-corrected chi connectivity index (χ1v) is 6.19. The molecule has 0 aliphatic heterocycles. The molecule has 0 spiro atoms. The molecule has 0 aliphatic rings. The lowest BCUT2D eigenvalue weighted by molar-refractivity contribution is 0.624. The minimum absolute atomic E-state index is 0.421. The predicted molar refractivity (Wildman–Crippen MR) is 69.3 cm³/mol. The molecule has 0 saturated heterocycles. The summed E-state index contributed by atoms with van der Waals surface area (Å²) in [4.78, 5) is 4.17. The van der Waals surface area contributed by atoms with E-state index in [1.165, 1.54) is 12.1 Å². The molecule has 1 atom stereocenters. The average Bonchev–Trinajstić information content (AvgIpc) is 2.72. The molecule has 0 aromatic carbocycles. The molecular formula is C13H23N3. The van der Waals surface area contributed by atoms with Crippen LogP contribution in [0.3, 0.4) is 0 Å². The minimum Gasteiger partial charge on any atom is -0.331 e. The molecule has 1 rings (SSSR count). The second kappa shape index (κ2) is 7.23. The van der Waals surface area contributed by atoms with E-state index in [4.69, 9.17) is 0 Å². The van der Waals surface area contributed by atoms with Crippen molar-refractivity contribution in [3.8, 4) is 0 Å². The zero-order valence-corrected chi connectivity index (χ0v) is 10.6. The van der Waals surface area contributed by atoms with Crippen LogP contribution in [0.25, 0.3) is 6.08 Å². The molecule has 0 amide bonds. The third kappa shape index (κ3) is 4.19. The molecule has 0 saturated carbocycles. The topological polar surface area (TPSA) is 29.9 Å². The maximum Gasteiger partial charge on any atom is 0.0950 e. The highest BCUT2D eigenvalue weighted by atomic mass is 15.0. The van der Waals surface area contributed by atoms with E-state index in [1.54, 1.807) is 0 Å². The van der Waals surface area contributed by atoms with Crippen LogP contribution < -0.4 is 5.32 Å². The summed E-state index contributed by atoms with van der Waals surface area (Å²) in [5.41, 5.74) is 1.19. The molecule has 1 heterocycles. The van der Waals surface area contributed by atoms with Gasteiger partial charge in [0.25, 0.3) is 0 Å². The van der Waals surface area contributed by atoms with Gasteiger partial charge in [-0.25, -0.2) is 4.98 Å². The lowest BCUT2D eigenvalue weighted by Crippen LogP contribution is -2.24. The smallest absolute Gasteiger partial charge is 0.0950 e. The average molecular weight is 221 g/mol. The predicted octanol–water partition coefficient (Wildman–Crippen LogP) is 2.69. The molecule has 16 heavy (non-hydrogen) atoms. The fourth-order valence-corrected chi connectivity index (χ4v) is 1.58. The molecule has 3 heteroatoms. The van der Waals surface area contributed by atoms with Crippen LogP contribution in [0.5, 0.6) is 0 Å². The van der Waals surface area contributed by atoms with E-state index < -0.39 is 0 Å². The first kappa shape index (κ1) is 13.0. The number of aryl methyl sites for hydroxylation is 1. The van der Waals surface area contributed by atoms with E-state index in [0.29, 0.717) is 6.04 Å². The lowest BCUT2D eigenvalue weighted by Gasteiger charge is -2.08. The Hall–Kier alpha value is -1.09. The number of aromatic nitrogens is 2. The lowest BCUT2D eigenvalue weighted by atomic mass is 10.2. The molecule has 0 aliphatic carbocycles. The Bertz CT molecular complexity index is 315. The first-order valence-electron chi connectivity index (χ1n) is 6.19. The summed E-state index contributed by atoms with van der Waals surface area (Å²) in [6.07, 6.45) is 10.5. The SMILES string of the molecule is CCCNC(C)/C=C/c1cncn1CCC. The summed E-state index contributed by atoms with van der Waals surface area (Å²) in [5.74, 6) is 0. The number of nitrogens with one attached hydrogen (secondary N) is 1. The standard InChI is InChI=1S/C13H23N3/c1-4-8-15-12(3)6-7-13-10-14-11-16(13)9-5-2/h6-7,10-12,15H,4-5,8-9H2,1-3H3/b7-6+. The van der Waals surface area contributed by atoms with Crippen LogP contribution in [0.1, 0.15) is 39.3 Å². The Kier molecular flexibility index (Phi) is 5.86. The van der Waals surface area contributed by atoms with Gasteiger partial charge in [0.2, 0.25) is 0 Å². The zero-order chi connectivity index (χ0) is 11.8. The molecule has 0 fully saturated rings. The Morgan fingerprint density at radius 3 is 2.94 bits per heavy atom. The van der Waals surface area contributed by atoms with Crippen molar-refractivity contribution in [2.24, 2.45) is 0 Å². The first-order chi connectivity index (χ1) is 7.77. The fourth-order valence-electron chi connectivity index (χ4n) is 1.58. The second-order valence-corrected chi connectivity index (χ2v) is 4.11. The molecule has 1 aromatic heterocycles. The summed E-state index contributed by atoms with van der Waals surface area (Å²) in [7, 11) is 0. The van der Waals surface area contributed by atoms with E-state index in [1.807, 2.05) is 12.5 Å². The number of hydrogen-bond acceptors (Lipinski definition) is 2. The Labute approximate surface area is 98.6 Å². The van der Waals surface area contributed by atoms with E-state index in [2.05, 4.69) is 47.8 Å². The van der Waals surface area contributed by atoms with Crippen molar-refractivity contribution in [1.82, 2.24) is 14.9 Å². The van der Waals surface area contributed by atoms with Crippen molar-refractivity contribution in [2.45, 2.75) is 46.2 Å². The molecule has 3 nitrogen and oxygen atoms in total. The number of rotatable bonds is 7. The molecule has 1 unspecified atom stereocenters. The van der Waals surface area contributed by atoms with Gasteiger partial charge >= 0.3 is 0 Å². The van der Waals surface area contributed by atoms with Crippen LogP contribution in [0, 0.1) is 0 Å². The fraction of sp³-hybridized carbons (Fsp3) is 0.615. The maximum absolute atomic E-state index is 4.17. The van der Waals surface area contributed by atoms with Crippen LogP contribution >= 0.6 is 0 Å². The van der Waals surface area contributed by atoms with E-state index >= 15 is 0 Å². The van der Waals surface area contributed by atoms with Crippen LogP contribution in [0.15, 0.2) is 18.6 Å². The maximum atomic E-state index is 4.17. The van der Waals surface area contributed by atoms with Crippen molar-refractivity contribution in [3.05, 3.63) is 24.3 Å². The van der Waals surface area contributed by atoms with Gasteiger partial charge in [0, 0.05) is 12.6 Å². The van der Waals surface area contributed by atoms with Crippen molar-refractivity contribution < 1.29 is 0 Å². The summed E-state index contributed by atoms with van der Waals surface area (Å²) in [5, 5.41) is 3.43. The van der Waals surface area contributed by atoms with Gasteiger partial charge in [0.05, 0.1) is 18.2 Å². The molecule has 0 radical (unpaired) electrons. The van der Waals surface area contributed by atoms with E-state index in [-0.39, 0.29) is 0 Å². The summed E-state index contributed by atoms with van der Waals surface area (Å²) in [6, 6.07) is 0.421. The Morgan fingerprint density at radius 1 is 1.44 bits per heavy atom. The number of imidazole rings is 1. The van der Waals surface area contributed by atoms with Crippen LogP contribution in [0.2, 0.25) is 0 Å². The van der Waals surface area contributed by atoms with Crippen LogP contribution in [0.4, 0.5) is 0 Å². The molecular weight excluding hydrogens is 198 g/mol. The molecule has 90 valence electrons. The molecule has 1 aromatic rings. The highest BCUT2D eigenvalue weighted by molar-refractivity contribution is 5.44. The number of hydrogen-bond donors (Lipinski definition) is 1.